The second kappa shape index (κ2) is 5.45. The lowest BCUT2D eigenvalue weighted by atomic mass is 10.2. The summed E-state index contributed by atoms with van der Waals surface area (Å²) in [5, 5.41) is 1.82. The molecule has 0 fully saturated rings. The van der Waals surface area contributed by atoms with E-state index in [1.54, 1.807) is 6.07 Å². The van der Waals surface area contributed by atoms with Crippen LogP contribution in [0, 0.1) is 0 Å². The van der Waals surface area contributed by atoms with Crippen LogP contribution in [0.15, 0.2) is 22.1 Å². The maximum atomic E-state index is 12.3. The number of carbonyl (C=O) groups is 1. The Hall–Kier alpha value is -1.47. The van der Waals surface area contributed by atoms with Crippen molar-refractivity contribution in [2.45, 2.75) is 0 Å². The Balaban J connectivity index is 2.45. The Kier molecular flexibility index (Phi) is 3.93. The van der Waals surface area contributed by atoms with Crippen molar-refractivity contribution >= 4 is 33.0 Å². The minimum absolute atomic E-state index is 0.152. The van der Waals surface area contributed by atoms with Crippen LogP contribution in [0.3, 0.4) is 0 Å². The monoisotopic (exact) mass is 328 g/mol. The molecule has 2 heterocycles. The summed E-state index contributed by atoms with van der Waals surface area (Å²) in [6.45, 7) is 0. The van der Waals surface area contributed by atoms with Crippen molar-refractivity contribution in [2.75, 3.05) is 14.2 Å². The topological polar surface area (TPSA) is 61.3 Å². The number of aromatic nitrogens is 2. The van der Waals surface area contributed by atoms with E-state index < -0.39 is 0 Å². The highest BCUT2D eigenvalue weighted by Gasteiger charge is 2.21. The largest absolute Gasteiger partial charge is 0.480 e. The van der Waals surface area contributed by atoms with E-state index in [1.165, 1.54) is 31.8 Å². The Morgan fingerprint density at radius 1 is 1.39 bits per heavy atom. The van der Waals surface area contributed by atoms with Gasteiger partial charge in [-0.1, -0.05) is 0 Å². The second-order valence-electron chi connectivity index (χ2n) is 3.20. The summed E-state index contributed by atoms with van der Waals surface area (Å²) >= 11 is 4.65. The summed E-state index contributed by atoms with van der Waals surface area (Å²) in [6.07, 6.45) is 1.39. The number of ketones is 1. The average molecular weight is 329 g/mol. The molecule has 2 rings (SSSR count). The number of hydrogen-bond acceptors (Lipinski definition) is 6. The van der Waals surface area contributed by atoms with E-state index in [4.69, 9.17) is 9.47 Å². The van der Waals surface area contributed by atoms with Gasteiger partial charge in [0, 0.05) is 4.47 Å². The van der Waals surface area contributed by atoms with E-state index in [0.29, 0.717) is 10.8 Å². The molecule has 0 aromatic carbocycles. The van der Waals surface area contributed by atoms with Gasteiger partial charge in [0.15, 0.2) is 5.69 Å². The standard InChI is InChI=1S/C11H9BrN2O3S/c1-16-7-5-13-8(11(14-7)17-2)9(15)10-6(12)3-4-18-10/h3-5H,1-2H3. The first-order valence-corrected chi connectivity index (χ1v) is 6.57. The van der Waals surface area contributed by atoms with Crippen molar-refractivity contribution < 1.29 is 14.3 Å². The van der Waals surface area contributed by atoms with Gasteiger partial charge in [-0.05, 0) is 27.4 Å². The second-order valence-corrected chi connectivity index (χ2v) is 4.97. The molecule has 0 radical (unpaired) electrons. The Morgan fingerprint density at radius 2 is 2.17 bits per heavy atom. The summed E-state index contributed by atoms with van der Waals surface area (Å²) in [5.41, 5.74) is 0.168. The first kappa shape index (κ1) is 13.0. The lowest BCUT2D eigenvalue weighted by molar-refractivity contribution is 0.103. The van der Waals surface area contributed by atoms with E-state index >= 15 is 0 Å². The number of carbonyl (C=O) groups excluding carboxylic acids is 1. The van der Waals surface area contributed by atoms with Crippen LogP contribution in [0.4, 0.5) is 0 Å². The van der Waals surface area contributed by atoms with Crippen LogP contribution in [0.2, 0.25) is 0 Å². The van der Waals surface area contributed by atoms with Crippen molar-refractivity contribution in [2.24, 2.45) is 0 Å². The van der Waals surface area contributed by atoms with Crippen molar-refractivity contribution in [1.82, 2.24) is 9.97 Å². The summed E-state index contributed by atoms with van der Waals surface area (Å²) in [5.74, 6) is 0.220. The van der Waals surface area contributed by atoms with Crippen LogP contribution in [-0.2, 0) is 0 Å². The van der Waals surface area contributed by atoms with Gasteiger partial charge in [0.25, 0.3) is 0 Å². The van der Waals surface area contributed by atoms with Gasteiger partial charge in [-0.25, -0.2) is 4.98 Å². The highest BCUT2D eigenvalue weighted by Crippen LogP contribution is 2.28. The van der Waals surface area contributed by atoms with Gasteiger partial charge in [-0.2, -0.15) is 4.98 Å². The fourth-order valence-corrected chi connectivity index (χ4v) is 2.81. The van der Waals surface area contributed by atoms with Crippen LogP contribution in [0.5, 0.6) is 11.8 Å². The highest BCUT2D eigenvalue weighted by molar-refractivity contribution is 9.10. The van der Waals surface area contributed by atoms with Crippen molar-refractivity contribution in [3.63, 3.8) is 0 Å². The fourth-order valence-electron chi connectivity index (χ4n) is 1.32. The summed E-state index contributed by atoms with van der Waals surface area (Å²) in [4.78, 5) is 20.9. The predicted molar refractivity (Wildman–Crippen MR) is 70.6 cm³/mol. The van der Waals surface area contributed by atoms with Gasteiger partial charge < -0.3 is 9.47 Å². The third-order valence-corrected chi connectivity index (χ3v) is 4.00. The van der Waals surface area contributed by atoms with Crippen LogP contribution >= 0.6 is 27.3 Å². The molecule has 0 N–H and O–H groups in total. The maximum absolute atomic E-state index is 12.3. The number of nitrogens with zero attached hydrogens (tertiary/aromatic N) is 2. The van der Waals surface area contributed by atoms with Crippen molar-refractivity contribution in [1.29, 1.82) is 0 Å². The SMILES string of the molecule is COc1cnc(C(=O)c2sccc2Br)c(OC)n1. The normalized spacial score (nSPS) is 10.2. The molecule has 2 aromatic rings. The smallest absolute Gasteiger partial charge is 0.247 e. The van der Waals surface area contributed by atoms with E-state index in [1.807, 2.05) is 5.38 Å². The first-order chi connectivity index (χ1) is 8.67. The molecule has 0 unspecified atom stereocenters. The third kappa shape index (κ3) is 2.37. The summed E-state index contributed by atoms with van der Waals surface area (Å²) < 4.78 is 10.7. The molecule has 0 atom stereocenters. The lowest BCUT2D eigenvalue weighted by Gasteiger charge is -2.06. The Labute approximate surface area is 116 Å². The van der Waals surface area contributed by atoms with Crippen LogP contribution in [0.1, 0.15) is 15.4 Å². The molecule has 0 amide bonds. The Bertz CT molecular complexity index is 585. The van der Waals surface area contributed by atoms with Crippen LogP contribution < -0.4 is 9.47 Å². The quantitative estimate of drug-likeness (QED) is 0.807. The summed E-state index contributed by atoms with van der Waals surface area (Å²) in [7, 11) is 2.91. The number of methoxy groups -OCH3 is 2. The molecular weight excluding hydrogens is 320 g/mol. The molecule has 0 saturated heterocycles. The van der Waals surface area contributed by atoms with E-state index in [-0.39, 0.29) is 17.4 Å². The minimum atomic E-state index is -0.233. The number of halogens is 1. The fraction of sp³-hybridized carbons (Fsp3) is 0.182. The molecule has 0 saturated carbocycles. The number of ether oxygens (including phenoxy) is 2. The highest BCUT2D eigenvalue weighted by atomic mass is 79.9. The number of thiophene rings is 1. The number of hydrogen-bond donors (Lipinski definition) is 0. The molecule has 0 bridgehead atoms. The lowest BCUT2D eigenvalue weighted by Crippen LogP contribution is -2.08. The molecule has 0 spiro atoms. The molecular formula is C11H9BrN2O3S. The van der Waals surface area contributed by atoms with Gasteiger partial charge in [-0.3, -0.25) is 4.79 Å². The van der Waals surface area contributed by atoms with Gasteiger partial charge in [0.05, 0.1) is 25.3 Å². The zero-order valence-corrected chi connectivity index (χ0v) is 12.0. The summed E-state index contributed by atoms with van der Waals surface area (Å²) in [6, 6.07) is 1.81. The molecule has 0 aliphatic rings. The van der Waals surface area contributed by atoms with Gasteiger partial charge in [0.1, 0.15) is 0 Å². The molecule has 5 nitrogen and oxygen atoms in total. The molecule has 2 aromatic heterocycles. The first-order valence-electron chi connectivity index (χ1n) is 4.90. The molecule has 0 aliphatic carbocycles. The zero-order chi connectivity index (χ0) is 13.1. The van der Waals surface area contributed by atoms with Crippen LogP contribution in [-0.4, -0.2) is 30.0 Å². The van der Waals surface area contributed by atoms with Crippen molar-refractivity contribution in [3.8, 4) is 11.8 Å². The van der Waals surface area contributed by atoms with E-state index in [0.717, 1.165) is 4.47 Å². The van der Waals surface area contributed by atoms with Crippen LogP contribution in [0.25, 0.3) is 0 Å². The third-order valence-electron chi connectivity index (χ3n) is 2.16. The maximum Gasteiger partial charge on any atom is 0.247 e. The van der Waals surface area contributed by atoms with Gasteiger partial charge in [0.2, 0.25) is 17.5 Å². The van der Waals surface area contributed by atoms with E-state index in [9.17, 15) is 4.79 Å². The van der Waals surface area contributed by atoms with E-state index in [2.05, 4.69) is 25.9 Å². The molecule has 7 heteroatoms. The molecule has 18 heavy (non-hydrogen) atoms. The van der Waals surface area contributed by atoms with Gasteiger partial charge in [-0.15, -0.1) is 11.3 Å². The molecule has 94 valence electrons. The minimum Gasteiger partial charge on any atom is -0.480 e. The average Bonchev–Trinajstić information content (AvgIpc) is 2.83. The predicted octanol–water partition coefficient (Wildman–Crippen LogP) is 2.55. The molecule has 0 aliphatic heterocycles. The van der Waals surface area contributed by atoms with Gasteiger partial charge >= 0.3 is 0 Å². The number of rotatable bonds is 4. The van der Waals surface area contributed by atoms with Crippen molar-refractivity contribution in [3.05, 3.63) is 32.7 Å². The Morgan fingerprint density at radius 3 is 2.72 bits per heavy atom. The zero-order valence-electron chi connectivity index (χ0n) is 9.64.